The van der Waals surface area contributed by atoms with Crippen molar-refractivity contribution in [2.75, 3.05) is 38.2 Å². The number of nitrogens with zero attached hydrogens (tertiary/aromatic N) is 1. The molecule has 2 rings (SSSR count). The molecule has 5 heteroatoms. The van der Waals surface area contributed by atoms with Gasteiger partial charge >= 0.3 is 5.97 Å². The third kappa shape index (κ3) is 3.95. The van der Waals surface area contributed by atoms with E-state index in [1.807, 2.05) is 13.0 Å². The van der Waals surface area contributed by atoms with E-state index in [1.54, 1.807) is 12.1 Å². The van der Waals surface area contributed by atoms with E-state index in [4.69, 9.17) is 9.84 Å². The Kier molecular flexibility index (Phi) is 4.98. The smallest absolute Gasteiger partial charge is 0.335 e. The highest BCUT2D eigenvalue weighted by Gasteiger charge is 2.14. The molecule has 0 amide bonds. The molecule has 1 atom stereocenters. The Hall–Kier alpha value is -1.59. The number of aromatic carboxylic acids is 1. The molecule has 1 aliphatic rings. The average Bonchev–Trinajstić information content (AvgIpc) is 2.42. The molecule has 1 unspecified atom stereocenters. The Morgan fingerprint density at radius 1 is 1.45 bits per heavy atom. The van der Waals surface area contributed by atoms with Gasteiger partial charge in [-0.2, -0.15) is 0 Å². The Morgan fingerprint density at radius 2 is 2.15 bits per heavy atom. The van der Waals surface area contributed by atoms with E-state index in [9.17, 15) is 4.79 Å². The van der Waals surface area contributed by atoms with Gasteiger partial charge in [0.05, 0.1) is 18.8 Å². The van der Waals surface area contributed by atoms with Gasteiger partial charge < -0.3 is 15.2 Å². The molecule has 2 N–H and O–H groups in total. The molecule has 1 aromatic carbocycles. The van der Waals surface area contributed by atoms with Gasteiger partial charge in [-0.3, -0.25) is 4.90 Å². The van der Waals surface area contributed by atoms with Gasteiger partial charge in [0.25, 0.3) is 0 Å². The predicted molar refractivity (Wildman–Crippen MR) is 78.5 cm³/mol. The first-order chi connectivity index (χ1) is 9.56. The number of hydrogen-bond donors (Lipinski definition) is 2. The minimum Gasteiger partial charge on any atom is -0.478 e. The normalized spacial score (nSPS) is 17.7. The highest BCUT2D eigenvalue weighted by atomic mass is 16.5. The second-order valence-electron chi connectivity index (χ2n) is 5.29. The van der Waals surface area contributed by atoms with Crippen molar-refractivity contribution in [2.45, 2.75) is 19.9 Å². The summed E-state index contributed by atoms with van der Waals surface area (Å²) in [6.45, 7) is 8.59. The summed E-state index contributed by atoms with van der Waals surface area (Å²) >= 11 is 0. The molecule has 0 aliphatic carbocycles. The zero-order valence-electron chi connectivity index (χ0n) is 12.1. The summed E-state index contributed by atoms with van der Waals surface area (Å²) < 4.78 is 5.34. The van der Waals surface area contributed by atoms with E-state index in [0.717, 1.165) is 44.1 Å². The van der Waals surface area contributed by atoms with Crippen LogP contribution in [0.2, 0.25) is 0 Å². The zero-order valence-corrected chi connectivity index (χ0v) is 12.1. The number of morpholine rings is 1. The van der Waals surface area contributed by atoms with E-state index >= 15 is 0 Å². The van der Waals surface area contributed by atoms with Gasteiger partial charge in [0.1, 0.15) is 0 Å². The number of carbonyl (C=O) groups is 1. The summed E-state index contributed by atoms with van der Waals surface area (Å²) in [6, 6.07) is 5.49. The van der Waals surface area contributed by atoms with Crippen LogP contribution in [0, 0.1) is 6.92 Å². The summed E-state index contributed by atoms with van der Waals surface area (Å²) in [5.41, 5.74) is 2.28. The molecule has 1 saturated heterocycles. The number of rotatable bonds is 5. The lowest BCUT2D eigenvalue weighted by atomic mass is 10.1. The number of aryl methyl sites for hydroxylation is 1. The third-order valence-corrected chi connectivity index (χ3v) is 3.51. The highest BCUT2D eigenvalue weighted by Crippen LogP contribution is 2.18. The average molecular weight is 278 g/mol. The van der Waals surface area contributed by atoms with E-state index in [2.05, 4.69) is 17.1 Å². The van der Waals surface area contributed by atoms with Crippen molar-refractivity contribution >= 4 is 11.7 Å². The van der Waals surface area contributed by atoms with Crippen LogP contribution in [0.5, 0.6) is 0 Å². The third-order valence-electron chi connectivity index (χ3n) is 3.51. The number of carboxylic acid groups (broad SMARTS) is 1. The van der Waals surface area contributed by atoms with Gasteiger partial charge in [-0.05, 0) is 37.6 Å². The number of anilines is 1. The van der Waals surface area contributed by atoms with Crippen LogP contribution in [-0.4, -0.2) is 54.9 Å². The summed E-state index contributed by atoms with van der Waals surface area (Å²) in [4.78, 5) is 13.3. The van der Waals surface area contributed by atoms with Crippen LogP contribution in [0.15, 0.2) is 18.2 Å². The Labute approximate surface area is 119 Å². The van der Waals surface area contributed by atoms with Gasteiger partial charge in [0.15, 0.2) is 0 Å². The first-order valence-electron chi connectivity index (χ1n) is 6.97. The maximum absolute atomic E-state index is 10.9. The number of benzene rings is 1. The molecule has 1 fully saturated rings. The van der Waals surface area contributed by atoms with Crippen LogP contribution < -0.4 is 5.32 Å². The molecule has 110 valence electrons. The van der Waals surface area contributed by atoms with Crippen LogP contribution in [0.4, 0.5) is 5.69 Å². The van der Waals surface area contributed by atoms with E-state index in [-0.39, 0.29) is 0 Å². The first-order valence-corrected chi connectivity index (χ1v) is 6.97. The lowest BCUT2D eigenvalue weighted by molar-refractivity contribution is 0.0368. The number of carboxylic acids is 1. The molecule has 1 aliphatic heterocycles. The predicted octanol–water partition coefficient (Wildman–Crippen LogP) is 1.83. The number of ether oxygens (including phenoxy) is 1. The van der Waals surface area contributed by atoms with Gasteiger partial charge in [-0.1, -0.05) is 0 Å². The lowest BCUT2D eigenvalue weighted by Crippen LogP contribution is -2.42. The Bertz CT molecular complexity index is 470. The van der Waals surface area contributed by atoms with E-state index < -0.39 is 5.97 Å². The van der Waals surface area contributed by atoms with Crippen molar-refractivity contribution in [3.8, 4) is 0 Å². The standard InChI is InChI=1S/C15H22N2O3/c1-11-9-13(15(18)19)3-4-14(11)16-12(2)10-17-5-7-20-8-6-17/h3-4,9,12,16H,5-8,10H2,1-2H3,(H,18,19). The first kappa shape index (κ1) is 14.8. The molecule has 0 bridgehead atoms. The van der Waals surface area contributed by atoms with E-state index in [0.29, 0.717) is 11.6 Å². The Morgan fingerprint density at radius 3 is 2.75 bits per heavy atom. The molecular weight excluding hydrogens is 256 g/mol. The molecule has 5 nitrogen and oxygen atoms in total. The van der Waals surface area contributed by atoms with Crippen LogP contribution in [0.1, 0.15) is 22.8 Å². The number of nitrogens with one attached hydrogen (secondary N) is 1. The zero-order chi connectivity index (χ0) is 14.5. The summed E-state index contributed by atoms with van der Waals surface area (Å²) in [5, 5.41) is 12.4. The second kappa shape index (κ2) is 6.72. The summed E-state index contributed by atoms with van der Waals surface area (Å²) in [5.74, 6) is -0.888. The minimum atomic E-state index is -0.888. The Balaban J connectivity index is 1.93. The molecular formula is C15H22N2O3. The highest BCUT2D eigenvalue weighted by molar-refractivity contribution is 5.88. The molecule has 1 heterocycles. The number of hydrogen-bond acceptors (Lipinski definition) is 4. The van der Waals surface area contributed by atoms with Crippen molar-refractivity contribution in [1.82, 2.24) is 4.90 Å². The van der Waals surface area contributed by atoms with E-state index in [1.165, 1.54) is 0 Å². The molecule has 0 spiro atoms. The topological polar surface area (TPSA) is 61.8 Å². The summed E-state index contributed by atoms with van der Waals surface area (Å²) in [7, 11) is 0. The van der Waals surface area contributed by atoms with Crippen molar-refractivity contribution in [2.24, 2.45) is 0 Å². The quantitative estimate of drug-likeness (QED) is 0.860. The van der Waals surface area contributed by atoms with Crippen LogP contribution >= 0.6 is 0 Å². The monoisotopic (exact) mass is 278 g/mol. The van der Waals surface area contributed by atoms with Crippen molar-refractivity contribution in [3.63, 3.8) is 0 Å². The van der Waals surface area contributed by atoms with Crippen molar-refractivity contribution in [3.05, 3.63) is 29.3 Å². The molecule has 0 aromatic heterocycles. The van der Waals surface area contributed by atoms with Gasteiger partial charge in [-0.15, -0.1) is 0 Å². The van der Waals surface area contributed by atoms with Gasteiger partial charge in [-0.25, -0.2) is 4.79 Å². The van der Waals surface area contributed by atoms with Crippen molar-refractivity contribution in [1.29, 1.82) is 0 Å². The van der Waals surface area contributed by atoms with Crippen LogP contribution in [-0.2, 0) is 4.74 Å². The maximum atomic E-state index is 10.9. The molecule has 20 heavy (non-hydrogen) atoms. The SMILES string of the molecule is Cc1cc(C(=O)O)ccc1NC(C)CN1CCOCC1. The summed E-state index contributed by atoms with van der Waals surface area (Å²) in [6.07, 6.45) is 0. The van der Waals surface area contributed by atoms with Gasteiger partial charge in [0.2, 0.25) is 0 Å². The van der Waals surface area contributed by atoms with Crippen LogP contribution in [0.3, 0.4) is 0 Å². The lowest BCUT2D eigenvalue weighted by Gasteiger charge is -2.30. The van der Waals surface area contributed by atoms with Crippen LogP contribution in [0.25, 0.3) is 0 Å². The fourth-order valence-corrected chi connectivity index (χ4v) is 2.44. The minimum absolute atomic E-state index is 0.308. The van der Waals surface area contributed by atoms with Gasteiger partial charge in [0, 0.05) is 31.4 Å². The molecule has 1 aromatic rings. The fraction of sp³-hybridized carbons (Fsp3) is 0.533. The van der Waals surface area contributed by atoms with Crippen molar-refractivity contribution < 1.29 is 14.6 Å². The fourth-order valence-electron chi connectivity index (χ4n) is 2.44. The molecule has 0 saturated carbocycles. The maximum Gasteiger partial charge on any atom is 0.335 e. The largest absolute Gasteiger partial charge is 0.478 e. The second-order valence-corrected chi connectivity index (χ2v) is 5.29. The molecule has 0 radical (unpaired) electrons.